The predicted octanol–water partition coefficient (Wildman–Crippen LogP) is 6.11. The average Bonchev–Trinajstić information content (AvgIpc) is 2.57. The van der Waals surface area contributed by atoms with Crippen molar-refractivity contribution in [3.05, 3.63) is 35.9 Å². The van der Waals surface area contributed by atoms with Crippen LogP contribution in [0.15, 0.2) is 30.3 Å². The van der Waals surface area contributed by atoms with E-state index in [9.17, 15) is 4.79 Å². The fourth-order valence-corrected chi connectivity index (χ4v) is 6.16. The molecule has 4 unspecified atom stereocenters. The molecular weight excluding hydrogens is 308 g/mol. The van der Waals surface area contributed by atoms with Crippen LogP contribution in [0.5, 0.6) is 0 Å². The van der Waals surface area contributed by atoms with Crippen molar-refractivity contribution in [3.63, 3.8) is 0 Å². The van der Waals surface area contributed by atoms with Crippen molar-refractivity contribution in [1.29, 1.82) is 0 Å². The Kier molecular flexibility index (Phi) is 5.27. The second-order valence-electron chi connectivity index (χ2n) is 9.35. The summed E-state index contributed by atoms with van der Waals surface area (Å²) in [4.78, 5) is 12.2. The van der Waals surface area contributed by atoms with Gasteiger partial charge in [0.05, 0.1) is 12.2 Å². The SMILES string of the molecule is CC1CCC2C(C)(C)CCCC2(C)C1CCOC(=O)c1ccccc1. The van der Waals surface area contributed by atoms with E-state index in [1.54, 1.807) is 0 Å². The third-order valence-electron chi connectivity index (χ3n) is 7.39. The van der Waals surface area contributed by atoms with Gasteiger partial charge in [0.15, 0.2) is 0 Å². The van der Waals surface area contributed by atoms with E-state index in [2.05, 4.69) is 27.7 Å². The lowest BCUT2D eigenvalue weighted by Crippen LogP contribution is -2.51. The van der Waals surface area contributed by atoms with Crippen LogP contribution in [0, 0.1) is 28.6 Å². The lowest BCUT2D eigenvalue weighted by Gasteiger charge is -2.59. The first-order chi connectivity index (χ1) is 11.8. The molecule has 2 fully saturated rings. The standard InChI is InChI=1S/C23H34O2/c1-17-11-12-20-22(2,3)14-8-15-23(20,4)19(17)13-16-25-21(24)18-9-6-5-7-10-18/h5-7,9-10,17,19-20H,8,11-16H2,1-4H3. The van der Waals surface area contributed by atoms with E-state index >= 15 is 0 Å². The number of carbonyl (C=O) groups excluding carboxylic acids is 1. The molecule has 2 heteroatoms. The Hall–Kier alpha value is -1.31. The van der Waals surface area contributed by atoms with Gasteiger partial charge < -0.3 is 4.74 Å². The van der Waals surface area contributed by atoms with Gasteiger partial charge in [-0.1, -0.05) is 58.7 Å². The maximum atomic E-state index is 12.2. The fourth-order valence-electron chi connectivity index (χ4n) is 6.16. The molecule has 0 aliphatic heterocycles. The summed E-state index contributed by atoms with van der Waals surface area (Å²) in [6.07, 6.45) is 7.72. The van der Waals surface area contributed by atoms with Gasteiger partial charge in [0.2, 0.25) is 0 Å². The summed E-state index contributed by atoms with van der Waals surface area (Å²) in [6.45, 7) is 10.4. The Labute approximate surface area is 153 Å². The molecule has 0 N–H and O–H groups in total. The van der Waals surface area contributed by atoms with Crippen molar-refractivity contribution in [2.75, 3.05) is 6.61 Å². The van der Waals surface area contributed by atoms with Crippen molar-refractivity contribution >= 4 is 5.97 Å². The molecule has 0 aromatic heterocycles. The molecule has 0 saturated heterocycles. The highest BCUT2D eigenvalue weighted by Crippen LogP contribution is 2.61. The molecule has 25 heavy (non-hydrogen) atoms. The number of hydrogen-bond acceptors (Lipinski definition) is 2. The molecule has 1 aromatic carbocycles. The number of hydrogen-bond donors (Lipinski definition) is 0. The van der Waals surface area contributed by atoms with Gasteiger partial charge in [0, 0.05) is 0 Å². The second-order valence-corrected chi connectivity index (χ2v) is 9.35. The number of fused-ring (bicyclic) bond motifs is 1. The van der Waals surface area contributed by atoms with E-state index in [4.69, 9.17) is 4.74 Å². The molecule has 3 rings (SSSR count). The molecule has 138 valence electrons. The summed E-state index contributed by atoms with van der Waals surface area (Å²) in [5.74, 6) is 2.01. The molecule has 1 aromatic rings. The monoisotopic (exact) mass is 342 g/mol. The molecule has 0 bridgehead atoms. The van der Waals surface area contributed by atoms with Crippen LogP contribution in [-0.2, 0) is 4.74 Å². The zero-order chi connectivity index (χ0) is 18.1. The molecule has 0 heterocycles. The second kappa shape index (κ2) is 7.13. The Morgan fingerprint density at radius 3 is 2.56 bits per heavy atom. The number of carbonyl (C=O) groups is 1. The van der Waals surface area contributed by atoms with Gasteiger partial charge in [-0.3, -0.25) is 0 Å². The highest BCUT2D eigenvalue weighted by Gasteiger charge is 2.53. The van der Waals surface area contributed by atoms with Crippen molar-refractivity contribution in [2.24, 2.45) is 28.6 Å². The Morgan fingerprint density at radius 2 is 1.84 bits per heavy atom. The van der Waals surface area contributed by atoms with Crippen LogP contribution in [0.3, 0.4) is 0 Å². The molecule has 2 aliphatic rings. The van der Waals surface area contributed by atoms with Gasteiger partial charge in [0.25, 0.3) is 0 Å². The van der Waals surface area contributed by atoms with E-state index < -0.39 is 0 Å². The van der Waals surface area contributed by atoms with Crippen molar-refractivity contribution in [2.45, 2.75) is 66.2 Å². The minimum absolute atomic E-state index is 0.185. The first-order valence-corrected chi connectivity index (χ1v) is 10.1. The van der Waals surface area contributed by atoms with E-state index in [0.717, 1.165) is 18.3 Å². The number of ether oxygens (including phenoxy) is 1. The van der Waals surface area contributed by atoms with Gasteiger partial charge in [-0.05, 0) is 66.4 Å². The van der Waals surface area contributed by atoms with E-state index in [0.29, 0.717) is 28.9 Å². The summed E-state index contributed by atoms with van der Waals surface area (Å²) < 4.78 is 5.62. The molecular formula is C23H34O2. The third-order valence-corrected chi connectivity index (χ3v) is 7.39. The smallest absolute Gasteiger partial charge is 0.338 e. The van der Waals surface area contributed by atoms with E-state index in [1.807, 2.05) is 30.3 Å². The topological polar surface area (TPSA) is 26.3 Å². The van der Waals surface area contributed by atoms with Crippen molar-refractivity contribution in [3.8, 4) is 0 Å². The molecule has 0 amide bonds. The van der Waals surface area contributed by atoms with E-state index in [1.165, 1.54) is 32.1 Å². The Balaban J connectivity index is 1.65. The highest BCUT2D eigenvalue weighted by atomic mass is 16.5. The molecule has 0 radical (unpaired) electrons. The minimum Gasteiger partial charge on any atom is -0.462 e. The van der Waals surface area contributed by atoms with Gasteiger partial charge in [0.1, 0.15) is 0 Å². The lowest BCUT2D eigenvalue weighted by atomic mass is 9.46. The van der Waals surface area contributed by atoms with Crippen LogP contribution in [0.25, 0.3) is 0 Å². The van der Waals surface area contributed by atoms with Crippen molar-refractivity contribution < 1.29 is 9.53 Å². The maximum Gasteiger partial charge on any atom is 0.338 e. The maximum absolute atomic E-state index is 12.2. The Bertz CT molecular complexity index is 591. The van der Waals surface area contributed by atoms with Crippen LogP contribution in [0.4, 0.5) is 0 Å². The molecule has 0 spiro atoms. The third kappa shape index (κ3) is 3.64. The number of benzene rings is 1. The molecule has 2 aliphatic carbocycles. The normalized spacial score (nSPS) is 34.2. The summed E-state index contributed by atoms with van der Waals surface area (Å²) >= 11 is 0. The summed E-state index contributed by atoms with van der Waals surface area (Å²) in [5, 5.41) is 0. The fraction of sp³-hybridized carbons (Fsp3) is 0.696. The molecule has 2 nitrogen and oxygen atoms in total. The zero-order valence-electron chi connectivity index (χ0n) is 16.4. The zero-order valence-corrected chi connectivity index (χ0v) is 16.4. The summed E-state index contributed by atoms with van der Waals surface area (Å²) in [6, 6.07) is 9.34. The highest BCUT2D eigenvalue weighted by molar-refractivity contribution is 5.89. The number of esters is 1. The minimum atomic E-state index is -0.185. The number of rotatable bonds is 4. The van der Waals surface area contributed by atoms with Gasteiger partial charge in [-0.25, -0.2) is 4.79 Å². The quantitative estimate of drug-likeness (QED) is 0.617. The lowest BCUT2D eigenvalue weighted by molar-refractivity contribution is -0.0997. The molecule has 2 saturated carbocycles. The summed E-state index contributed by atoms with van der Waals surface area (Å²) in [5.41, 5.74) is 1.51. The summed E-state index contributed by atoms with van der Waals surface area (Å²) in [7, 11) is 0. The molecule has 4 atom stereocenters. The van der Waals surface area contributed by atoms with Gasteiger partial charge in [-0.2, -0.15) is 0 Å². The largest absolute Gasteiger partial charge is 0.462 e. The first-order valence-electron chi connectivity index (χ1n) is 10.1. The predicted molar refractivity (Wildman–Crippen MR) is 102 cm³/mol. The van der Waals surface area contributed by atoms with Crippen LogP contribution >= 0.6 is 0 Å². The average molecular weight is 343 g/mol. The van der Waals surface area contributed by atoms with Crippen LogP contribution < -0.4 is 0 Å². The van der Waals surface area contributed by atoms with Gasteiger partial charge >= 0.3 is 5.97 Å². The van der Waals surface area contributed by atoms with E-state index in [-0.39, 0.29) is 5.97 Å². The van der Waals surface area contributed by atoms with Crippen LogP contribution in [-0.4, -0.2) is 12.6 Å². The Morgan fingerprint density at radius 1 is 1.12 bits per heavy atom. The van der Waals surface area contributed by atoms with Crippen LogP contribution in [0.2, 0.25) is 0 Å². The van der Waals surface area contributed by atoms with Crippen molar-refractivity contribution in [1.82, 2.24) is 0 Å². The van der Waals surface area contributed by atoms with Crippen LogP contribution in [0.1, 0.15) is 76.6 Å². The van der Waals surface area contributed by atoms with Gasteiger partial charge in [-0.15, -0.1) is 0 Å². The first kappa shape index (κ1) is 18.5.